The SMILES string of the molecule is CO[C@@H](CO)COC(Cc1ccc(N2CCCNC2=O)cc1)(C(=O)O)C(=O)O. The molecule has 2 rings (SSSR count). The zero-order valence-electron chi connectivity index (χ0n) is 15.5. The van der Waals surface area contributed by atoms with Crippen LogP contribution in [-0.2, 0) is 25.5 Å². The summed E-state index contributed by atoms with van der Waals surface area (Å²) in [5.74, 6) is -3.32. The Hall–Kier alpha value is -2.69. The fourth-order valence-corrected chi connectivity index (χ4v) is 2.80. The van der Waals surface area contributed by atoms with Gasteiger partial charge in [-0.2, -0.15) is 0 Å². The van der Waals surface area contributed by atoms with E-state index in [1.54, 1.807) is 29.2 Å². The van der Waals surface area contributed by atoms with Crippen molar-refractivity contribution in [2.45, 2.75) is 24.5 Å². The molecule has 0 saturated carbocycles. The second-order valence-electron chi connectivity index (χ2n) is 6.37. The lowest BCUT2D eigenvalue weighted by Crippen LogP contribution is -2.52. The van der Waals surface area contributed by atoms with E-state index in [9.17, 15) is 24.6 Å². The highest BCUT2D eigenvalue weighted by molar-refractivity contribution is 6.02. The first-order valence-corrected chi connectivity index (χ1v) is 8.72. The highest BCUT2D eigenvalue weighted by Crippen LogP contribution is 2.23. The summed E-state index contributed by atoms with van der Waals surface area (Å²) in [5.41, 5.74) is -1.50. The lowest BCUT2D eigenvalue weighted by atomic mass is 9.94. The van der Waals surface area contributed by atoms with Gasteiger partial charge in [0.1, 0.15) is 6.10 Å². The first-order valence-electron chi connectivity index (χ1n) is 8.72. The van der Waals surface area contributed by atoms with E-state index in [0.717, 1.165) is 6.42 Å². The molecule has 28 heavy (non-hydrogen) atoms. The van der Waals surface area contributed by atoms with Crippen molar-refractivity contribution in [2.24, 2.45) is 0 Å². The Morgan fingerprint density at radius 1 is 1.25 bits per heavy atom. The van der Waals surface area contributed by atoms with Gasteiger partial charge in [0.05, 0.1) is 13.2 Å². The summed E-state index contributed by atoms with van der Waals surface area (Å²) in [4.78, 5) is 36.9. The van der Waals surface area contributed by atoms with Gasteiger partial charge in [-0.3, -0.25) is 4.90 Å². The molecule has 1 fully saturated rings. The molecule has 1 saturated heterocycles. The summed E-state index contributed by atoms with van der Waals surface area (Å²) < 4.78 is 10.1. The largest absolute Gasteiger partial charge is 0.479 e. The summed E-state index contributed by atoms with van der Waals surface area (Å²) in [5, 5.41) is 30.9. The number of hydrogen-bond donors (Lipinski definition) is 4. The summed E-state index contributed by atoms with van der Waals surface area (Å²) in [7, 11) is 1.29. The summed E-state index contributed by atoms with van der Waals surface area (Å²) in [6, 6.07) is 6.14. The minimum absolute atomic E-state index is 0.220. The Bertz CT molecular complexity index is 688. The van der Waals surface area contributed by atoms with Crippen LogP contribution in [0.1, 0.15) is 12.0 Å². The molecular formula is C18H24N2O8. The Morgan fingerprint density at radius 3 is 2.39 bits per heavy atom. The topological polar surface area (TPSA) is 146 Å². The molecule has 1 aliphatic heterocycles. The smallest absolute Gasteiger partial charge is 0.348 e. The third-order valence-corrected chi connectivity index (χ3v) is 4.52. The molecule has 0 spiro atoms. The van der Waals surface area contributed by atoms with Crippen LogP contribution in [0.3, 0.4) is 0 Å². The predicted molar refractivity (Wildman–Crippen MR) is 97.3 cm³/mol. The number of carbonyl (C=O) groups excluding carboxylic acids is 1. The molecule has 1 aliphatic rings. The fraction of sp³-hybridized carbons (Fsp3) is 0.500. The summed E-state index contributed by atoms with van der Waals surface area (Å²) >= 11 is 0. The van der Waals surface area contributed by atoms with Gasteiger partial charge < -0.3 is 30.1 Å². The number of aliphatic hydroxyl groups excluding tert-OH is 1. The molecule has 0 unspecified atom stereocenters. The van der Waals surface area contributed by atoms with Crippen molar-refractivity contribution in [1.82, 2.24) is 5.32 Å². The predicted octanol–water partition coefficient (Wildman–Crippen LogP) is 0.0807. The number of aliphatic hydroxyl groups is 1. The number of nitrogens with zero attached hydrogens (tertiary/aromatic N) is 1. The van der Waals surface area contributed by atoms with Crippen LogP contribution in [0.4, 0.5) is 10.5 Å². The van der Waals surface area contributed by atoms with E-state index in [0.29, 0.717) is 24.3 Å². The standard InChI is InChI=1S/C18H24N2O8/c1-27-14(10-21)11-28-18(15(22)23,16(24)25)9-12-3-5-13(6-4-12)20-8-2-7-19-17(20)26/h3-6,14,21H,2,7-11H2,1H3,(H,19,26)(H,22,23)(H,24,25)/t14-/m0/s1. The maximum absolute atomic E-state index is 11.9. The molecule has 0 bridgehead atoms. The fourth-order valence-electron chi connectivity index (χ4n) is 2.80. The Morgan fingerprint density at radius 2 is 1.89 bits per heavy atom. The van der Waals surface area contributed by atoms with E-state index in [4.69, 9.17) is 14.6 Å². The van der Waals surface area contributed by atoms with Crippen LogP contribution in [0.15, 0.2) is 24.3 Å². The van der Waals surface area contributed by atoms with Gasteiger partial charge in [-0.1, -0.05) is 12.1 Å². The van der Waals surface area contributed by atoms with E-state index < -0.39 is 43.3 Å². The molecule has 1 aromatic rings. The molecule has 0 radical (unpaired) electrons. The van der Waals surface area contributed by atoms with Gasteiger partial charge in [-0.25, -0.2) is 14.4 Å². The van der Waals surface area contributed by atoms with Gasteiger partial charge in [0, 0.05) is 32.3 Å². The molecular weight excluding hydrogens is 372 g/mol. The molecule has 1 atom stereocenters. The second-order valence-corrected chi connectivity index (χ2v) is 6.37. The van der Waals surface area contributed by atoms with E-state index in [2.05, 4.69) is 5.32 Å². The monoisotopic (exact) mass is 396 g/mol. The van der Waals surface area contributed by atoms with Gasteiger partial charge in [0.15, 0.2) is 0 Å². The molecule has 2 amide bonds. The number of amides is 2. The Labute approximate surface area is 161 Å². The van der Waals surface area contributed by atoms with Crippen LogP contribution in [0.5, 0.6) is 0 Å². The van der Waals surface area contributed by atoms with Crippen molar-refractivity contribution < 1.29 is 39.2 Å². The third kappa shape index (κ3) is 4.77. The number of nitrogens with one attached hydrogen (secondary N) is 1. The number of aliphatic carboxylic acids is 2. The Balaban J connectivity index is 2.20. The number of hydrogen-bond acceptors (Lipinski definition) is 6. The summed E-state index contributed by atoms with van der Waals surface area (Å²) in [6.07, 6.45) is -0.488. The van der Waals surface area contributed by atoms with Gasteiger partial charge in [0.2, 0.25) is 0 Å². The van der Waals surface area contributed by atoms with Crippen molar-refractivity contribution in [2.75, 3.05) is 38.3 Å². The molecule has 1 heterocycles. The zero-order valence-corrected chi connectivity index (χ0v) is 15.5. The van der Waals surface area contributed by atoms with Crippen molar-refractivity contribution in [3.05, 3.63) is 29.8 Å². The highest BCUT2D eigenvalue weighted by atomic mass is 16.6. The lowest BCUT2D eigenvalue weighted by Gasteiger charge is -2.28. The van der Waals surface area contributed by atoms with Gasteiger partial charge in [0.25, 0.3) is 5.60 Å². The number of ether oxygens (including phenoxy) is 2. The minimum Gasteiger partial charge on any atom is -0.479 e. The number of anilines is 1. The van der Waals surface area contributed by atoms with E-state index in [1.165, 1.54) is 7.11 Å². The number of benzene rings is 1. The first kappa shape index (κ1) is 21.6. The molecule has 1 aromatic carbocycles. The minimum atomic E-state index is -2.53. The van der Waals surface area contributed by atoms with E-state index >= 15 is 0 Å². The van der Waals surface area contributed by atoms with Crippen molar-refractivity contribution in [3.8, 4) is 0 Å². The van der Waals surface area contributed by atoms with Crippen molar-refractivity contribution in [1.29, 1.82) is 0 Å². The van der Waals surface area contributed by atoms with E-state index in [-0.39, 0.29) is 6.03 Å². The number of carboxylic acids is 2. The number of rotatable bonds is 10. The van der Waals surface area contributed by atoms with Crippen LogP contribution in [0.25, 0.3) is 0 Å². The van der Waals surface area contributed by atoms with Crippen LogP contribution >= 0.6 is 0 Å². The second kappa shape index (κ2) is 9.49. The normalized spacial score (nSPS) is 15.8. The van der Waals surface area contributed by atoms with Crippen LogP contribution < -0.4 is 10.2 Å². The first-order chi connectivity index (χ1) is 13.3. The zero-order chi connectivity index (χ0) is 20.7. The number of methoxy groups -OCH3 is 1. The van der Waals surface area contributed by atoms with Gasteiger partial charge >= 0.3 is 18.0 Å². The molecule has 154 valence electrons. The van der Waals surface area contributed by atoms with Crippen molar-refractivity contribution in [3.63, 3.8) is 0 Å². The molecule has 0 aliphatic carbocycles. The number of carbonyl (C=O) groups is 3. The Kier molecular flexibility index (Phi) is 7.32. The number of urea groups is 1. The van der Waals surface area contributed by atoms with Crippen LogP contribution in [0.2, 0.25) is 0 Å². The number of carboxylic acid groups (broad SMARTS) is 2. The maximum Gasteiger partial charge on any atom is 0.348 e. The molecule has 4 N–H and O–H groups in total. The maximum atomic E-state index is 11.9. The van der Waals surface area contributed by atoms with Crippen LogP contribution in [-0.4, -0.2) is 78.4 Å². The highest BCUT2D eigenvalue weighted by Gasteiger charge is 2.48. The molecule has 0 aromatic heterocycles. The average Bonchev–Trinajstić information content (AvgIpc) is 2.68. The molecule has 10 heteroatoms. The van der Waals surface area contributed by atoms with E-state index in [1.807, 2.05) is 0 Å². The van der Waals surface area contributed by atoms with Gasteiger partial charge in [-0.05, 0) is 24.1 Å². The summed E-state index contributed by atoms with van der Waals surface area (Å²) in [6.45, 7) is 0.318. The quantitative estimate of drug-likeness (QED) is 0.407. The lowest BCUT2D eigenvalue weighted by molar-refractivity contribution is -0.188. The molecule has 10 nitrogen and oxygen atoms in total. The van der Waals surface area contributed by atoms with Gasteiger partial charge in [-0.15, -0.1) is 0 Å². The average molecular weight is 396 g/mol. The van der Waals surface area contributed by atoms with Crippen molar-refractivity contribution >= 4 is 23.7 Å². The third-order valence-electron chi connectivity index (χ3n) is 4.52. The van der Waals surface area contributed by atoms with Crippen LogP contribution in [0, 0.1) is 0 Å².